The number of nitrogens with two attached hydrogens (primary N) is 5. The van der Waals surface area contributed by atoms with Gasteiger partial charge in [-0.1, -0.05) is 75.7 Å². The van der Waals surface area contributed by atoms with Crippen LogP contribution in [0.3, 0.4) is 0 Å². The molecule has 1 aliphatic heterocycles. The fourth-order valence-corrected chi connectivity index (χ4v) is 9.67. The van der Waals surface area contributed by atoms with Gasteiger partial charge in [0.2, 0.25) is 82.7 Å². The summed E-state index contributed by atoms with van der Waals surface area (Å²) < 4.78 is 0. The first-order valence-electron chi connectivity index (χ1n) is 31.6. The van der Waals surface area contributed by atoms with E-state index in [1.165, 1.54) is 11.8 Å². The van der Waals surface area contributed by atoms with Gasteiger partial charge in [0, 0.05) is 32.5 Å². The van der Waals surface area contributed by atoms with E-state index in [1.54, 1.807) is 41.5 Å². The molecule has 0 aromatic heterocycles. The number of primary amides is 2. The highest BCUT2D eigenvalue weighted by Gasteiger charge is 2.38. The van der Waals surface area contributed by atoms with Gasteiger partial charge in [-0.2, -0.15) is 0 Å². The maximum Gasteiger partial charge on any atom is 0.245 e. The molecule has 33 heteroatoms. The van der Waals surface area contributed by atoms with Crippen molar-refractivity contribution in [3.8, 4) is 0 Å². The summed E-state index contributed by atoms with van der Waals surface area (Å²) in [6.07, 6.45) is 1.57. The molecule has 0 unspecified atom stereocenters. The molecule has 0 saturated carbocycles. The van der Waals surface area contributed by atoms with E-state index in [1.807, 2.05) is 27.7 Å². The number of rotatable bonds is 43. The van der Waals surface area contributed by atoms with E-state index >= 15 is 0 Å². The predicted molar refractivity (Wildman–Crippen MR) is 339 cm³/mol. The van der Waals surface area contributed by atoms with Crippen molar-refractivity contribution < 1.29 is 72.2 Å². The van der Waals surface area contributed by atoms with Gasteiger partial charge in [0.15, 0.2) is 5.96 Å². The summed E-state index contributed by atoms with van der Waals surface area (Å²) in [6, 6.07) is -11.8. The number of aliphatic hydroxyl groups excluding tert-OH is 1. The quantitative estimate of drug-likeness (QED) is 0.0154. The van der Waals surface area contributed by atoms with E-state index in [4.69, 9.17) is 28.7 Å². The Bertz CT molecular complexity index is 2550. The second-order valence-electron chi connectivity index (χ2n) is 24.9. The average molecular weight is 1310 g/mol. The van der Waals surface area contributed by atoms with E-state index in [0.717, 1.165) is 0 Å². The van der Waals surface area contributed by atoms with Gasteiger partial charge in [-0.3, -0.25) is 72.1 Å². The van der Waals surface area contributed by atoms with Crippen molar-refractivity contribution in [1.29, 1.82) is 0 Å². The molecule has 22 N–H and O–H groups in total. The van der Waals surface area contributed by atoms with Gasteiger partial charge in [-0.25, -0.2) is 0 Å². The van der Waals surface area contributed by atoms with Gasteiger partial charge in [-0.15, -0.1) is 0 Å². The smallest absolute Gasteiger partial charge is 0.245 e. The number of hydrogen-bond acceptors (Lipinski definition) is 17. The summed E-state index contributed by atoms with van der Waals surface area (Å²) in [6.45, 7) is 17.3. The van der Waals surface area contributed by atoms with Crippen LogP contribution >= 0.6 is 0 Å². The van der Waals surface area contributed by atoms with Crippen LogP contribution < -0.4 is 87.2 Å². The highest BCUT2D eigenvalue weighted by atomic mass is 16.3. The zero-order valence-electron chi connectivity index (χ0n) is 55.3. The van der Waals surface area contributed by atoms with Crippen LogP contribution in [-0.2, 0) is 67.1 Å². The zero-order valence-corrected chi connectivity index (χ0v) is 55.3. The van der Waals surface area contributed by atoms with Gasteiger partial charge in [0.1, 0.15) is 54.4 Å². The minimum atomic E-state index is -1.58. The van der Waals surface area contributed by atoms with Crippen LogP contribution in [0.4, 0.5) is 0 Å². The number of nitrogens with zero attached hydrogens (tertiary/aromatic N) is 2. The van der Waals surface area contributed by atoms with Crippen molar-refractivity contribution in [2.45, 2.75) is 214 Å². The molecule has 0 aromatic carbocycles. The largest absolute Gasteiger partial charge is 0.394 e. The Hall–Kier alpha value is -8.23. The molecule has 522 valence electrons. The van der Waals surface area contributed by atoms with Crippen molar-refractivity contribution in [2.24, 2.45) is 63.3 Å². The molecule has 1 rings (SSSR count). The molecule has 11 atom stereocenters. The molecule has 1 heterocycles. The molecule has 1 saturated heterocycles. The van der Waals surface area contributed by atoms with Crippen molar-refractivity contribution in [3.63, 3.8) is 0 Å². The first kappa shape index (κ1) is 81.8. The van der Waals surface area contributed by atoms with E-state index < -0.39 is 169 Å². The lowest BCUT2D eigenvalue weighted by molar-refractivity contribution is -0.141. The minimum Gasteiger partial charge on any atom is -0.394 e. The number of likely N-dealkylation sites (tertiary alicyclic amines) is 1. The molecule has 0 spiro atoms. The van der Waals surface area contributed by atoms with Crippen LogP contribution in [0.1, 0.15) is 153 Å². The summed E-state index contributed by atoms with van der Waals surface area (Å²) in [4.78, 5) is 189. The van der Waals surface area contributed by atoms with Gasteiger partial charge in [0.05, 0.1) is 25.7 Å². The Morgan fingerprint density at radius 2 is 1.03 bits per heavy atom. The third kappa shape index (κ3) is 31.2. The van der Waals surface area contributed by atoms with Gasteiger partial charge in [-0.05, 0) is 94.3 Å². The SMILES string of the molecule is CC[C@H](C)[C@H](NC(=O)CNC(=O)[C@H](CO)NC(=O)[C@@H](NC(=O)[C@H](CC(C)C)NC(=O)[C@H](CCC(N)=O)NC(=O)CCCNC(=O)[C@@H]1CCCN1C(=O)[C@H](C)NC(=O)CNC(=O)[C@H](CC(C)C)NC(=O)[C@H](CC(C)C)NC(=O)[C@@H](N)CCCN=C(N)N)C(C)C)C(N)=O. The molecule has 14 amide bonds. The number of guanidine groups is 1. The summed E-state index contributed by atoms with van der Waals surface area (Å²) in [5.74, 6) is -11.6. The van der Waals surface area contributed by atoms with Gasteiger partial charge < -0.3 is 97.2 Å². The zero-order chi connectivity index (χ0) is 70.1. The standard InChI is InChI=1S/C59H106N18O15/c1-12-34(10)48(49(62)83)75-46(82)28-68-52(86)41(29-78)74-57(91)47(33(8)9)76-55(89)40(26-32(6)7)73-53(87)37(19-20-43(61)79)70-44(80)18-14-21-65-56(90)42-17-15-23-77(42)58(92)35(11)69-45(81)27-67-51(85)38(24-30(2)3)72-54(88)39(25-31(4)5)71-50(84)36(60)16-13-22-66-59(63)64/h30-42,47-48,78H,12-29,60H2,1-11H3,(H2,61,79)(H2,62,83)(H,65,90)(H,67,85)(H,68,86)(H,69,81)(H,70,80)(H,71,84)(H,72,88)(H,73,87)(H,74,91)(H,75,82)(H,76,89)(H4,63,64,66)/t34-,35-,36-,37-,38-,39-,40-,41-,42-,47-,48-/m0/s1. The van der Waals surface area contributed by atoms with Crippen LogP contribution in [0.5, 0.6) is 0 Å². The summed E-state index contributed by atoms with van der Waals surface area (Å²) in [5, 5.41) is 38.0. The number of carbonyl (C=O) groups excluding carboxylic acids is 14. The Morgan fingerprint density at radius 1 is 0.533 bits per heavy atom. The summed E-state index contributed by atoms with van der Waals surface area (Å²) >= 11 is 0. The van der Waals surface area contributed by atoms with Crippen LogP contribution in [0, 0.1) is 29.6 Å². The van der Waals surface area contributed by atoms with E-state index in [2.05, 4.69) is 63.5 Å². The summed E-state index contributed by atoms with van der Waals surface area (Å²) in [5.41, 5.74) is 27.6. The number of carbonyl (C=O) groups is 14. The van der Waals surface area contributed by atoms with Gasteiger partial charge in [0.25, 0.3) is 0 Å². The number of aliphatic imine (C=N–C) groups is 1. The molecular formula is C59H106N18O15. The molecule has 92 heavy (non-hydrogen) atoms. The number of amides is 14. The number of hydrogen-bond donors (Lipinski definition) is 17. The van der Waals surface area contributed by atoms with Crippen LogP contribution in [0.25, 0.3) is 0 Å². The summed E-state index contributed by atoms with van der Waals surface area (Å²) in [7, 11) is 0. The molecular weight excluding hydrogens is 1200 g/mol. The van der Waals surface area contributed by atoms with E-state index in [-0.39, 0.29) is 107 Å². The highest BCUT2D eigenvalue weighted by Crippen LogP contribution is 2.19. The van der Waals surface area contributed by atoms with Crippen LogP contribution in [0.2, 0.25) is 0 Å². The van der Waals surface area contributed by atoms with Crippen LogP contribution in [-0.4, -0.2) is 198 Å². The maximum atomic E-state index is 13.9. The Balaban J connectivity index is 2.95. The minimum absolute atomic E-state index is 0.0341. The first-order chi connectivity index (χ1) is 43.0. The molecule has 1 fully saturated rings. The molecule has 0 radical (unpaired) electrons. The molecule has 0 aromatic rings. The first-order valence-corrected chi connectivity index (χ1v) is 31.6. The normalized spacial score (nSPS) is 16.1. The number of nitrogens with one attached hydrogen (secondary N) is 11. The van der Waals surface area contributed by atoms with Crippen molar-refractivity contribution in [3.05, 3.63) is 0 Å². The maximum absolute atomic E-state index is 13.9. The predicted octanol–water partition coefficient (Wildman–Crippen LogP) is -5.03. The molecule has 33 nitrogen and oxygen atoms in total. The third-order valence-electron chi connectivity index (χ3n) is 14.9. The fourth-order valence-electron chi connectivity index (χ4n) is 9.67. The van der Waals surface area contributed by atoms with Gasteiger partial charge >= 0.3 is 0 Å². The second kappa shape index (κ2) is 42.0. The van der Waals surface area contributed by atoms with E-state index in [0.29, 0.717) is 19.3 Å². The second-order valence-corrected chi connectivity index (χ2v) is 24.9. The topological polar surface area (TPSA) is 537 Å². The van der Waals surface area contributed by atoms with Crippen molar-refractivity contribution >= 4 is 88.7 Å². The molecule has 1 aliphatic rings. The molecule has 0 aliphatic carbocycles. The van der Waals surface area contributed by atoms with Crippen molar-refractivity contribution in [2.75, 3.05) is 39.3 Å². The third-order valence-corrected chi connectivity index (χ3v) is 14.9. The van der Waals surface area contributed by atoms with Crippen LogP contribution in [0.15, 0.2) is 4.99 Å². The Morgan fingerprint density at radius 3 is 1.53 bits per heavy atom. The van der Waals surface area contributed by atoms with Crippen molar-refractivity contribution in [1.82, 2.24) is 63.4 Å². The lowest BCUT2D eigenvalue weighted by atomic mass is 9.98. The Labute approximate surface area is 538 Å². The lowest BCUT2D eigenvalue weighted by Gasteiger charge is -2.28. The monoisotopic (exact) mass is 1310 g/mol. The lowest BCUT2D eigenvalue weighted by Crippen LogP contribution is -2.60. The Kier molecular flexibility index (Phi) is 37.3. The fraction of sp³-hybridized carbons (Fsp3) is 0.746. The number of aliphatic hydroxyl groups is 1. The molecule has 0 bridgehead atoms. The van der Waals surface area contributed by atoms with E-state index in [9.17, 15) is 72.2 Å². The average Bonchev–Trinajstić information content (AvgIpc) is 1.69. The highest BCUT2D eigenvalue weighted by molar-refractivity contribution is 5.98.